The van der Waals surface area contributed by atoms with Crippen LogP contribution in [0, 0.1) is 23.2 Å². The second-order valence-corrected chi connectivity index (χ2v) is 11.2. The van der Waals surface area contributed by atoms with Crippen LogP contribution in [0.15, 0.2) is 0 Å². The van der Waals surface area contributed by atoms with Gasteiger partial charge in [0.05, 0.1) is 11.9 Å². The lowest BCUT2D eigenvalue weighted by Crippen LogP contribution is -2.53. The van der Waals surface area contributed by atoms with Gasteiger partial charge < -0.3 is 21.7 Å². The summed E-state index contributed by atoms with van der Waals surface area (Å²) in [6, 6.07) is 0.116. The number of hydrogen-bond acceptors (Lipinski definition) is 5. The number of piperidine rings is 1. The maximum absolute atomic E-state index is 13.7. The maximum Gasteiger partial charge on any atom is 0.251 e. The second-order valence-electron chi connectivity index (χ2n) is 11.2. The monoisotopic (exact) mass is 496 g/mol. The second kappa shape index (κ2) is 11.1. The number of nitrogens with one attached hydrogen (secondary N) is 2. The summed E-state index contributed by atoms with van der Waals surface area (Å²) in [6.07, 6.45) is 7.02. The van der Waals surface area contributed by atoms with Gasteiger partial charge in [0, 0.05) is 63.4 Å². The van der Waals surface area contributed by atoms with E-state index >= 15 is 0 Å². The molecule has 2 amide bonds. The minimum Gasteiger partial charge on any atom is -0.387 e. The third-order valence-corrected chi connectivity index (χ3v) is 8.89. The Labute approximate surface area is 207 Å². The van der Waals surface area contributed by atoms with Crippen molar-refractivity contribution in [2.24, 2.45) is 29.2 Å². The molecule has 0 bridgehead atoms. The molecular formula is C25H42F2N6O2. The fourth-order valence-corrected chi connectivity index (χ4v) is 6.82. The number of carbonyl (C=O) groups excluding carboxylic acids is 2. The van der Waals surface area contributed by atoms with Crippen LogP contribution in [0.4, 0.5) is 8.78 Å². The van der Waals surface area contributed by atoms with Gasteiger partial charge in [0.1, 0.15) is 0 Å². The zero-order chi connectivity index (χ0) is 25.2. The van der Waals surface area contributed by atoms with Crippen molar-refractivity contribution in [1.29, 1.82) is 5.41 Å². The fraction of sp³-hybridized carbons (Fsp3) is 0.880. The van der Waals surface area contributed by atoms with Crippen LogP contribution in [0.1, 0.15) is 70.6 Å². The van der Waals surface area contributed by atoms with Crippen molar-refractivity contribution in [3.8, 4) is 0 Å². The Hall–Kier alpha value is -1.81. The fourth-order valence-electron chi connectivity index (χ4n) is 6.82. The van der Waals surface area contributed by atoms with Crippen LogP contribution in [-0.2, 0) is 9.59 Å². The summed E-state index contributed by atoms with van der Waals surface area (Å²) in [6.45, 7) is 1.39. The molecule has 4 aliphatic rings. The van der Waals surface area contributed by atoms with Crippen LogP contribution in [0.2, 0.25) is 0 Å². The highest BCUT2D eigenvalue weighted by Crippen LogP contribution is 2.44. The first-order valence-electron chi connectivity index (χ1n) is 13.4. The Bertz CT molecular complexity index is 778. The van der Waals surface area contributed by atoms with Crippen molar-refractivity contribution >= 4 is 17.6 Å². The van der Waals surface area contributed by atoms with Crippen molar-refractivity contribution < 1.29 is 18.4 Å². The smallest absolute Gasteiger partial charge is 0.251 e. The molecule has 35 heavy (non-hydrogen) atoms. The number of rotatable bonds is 7. The van der Waals surface area contributed by atoms with Gasteiger partial charge in [-0.25, -0.2) is 8.78 Å². The van der Waals surface area contributed by atoms with Crippen LogP contribution >= 0.6 is 0 Å². The SMILES string of the molecule is N=C(N)C1CCC2CC(C(=O)N3CCC(F)(F)CC3)N(CC3CCC(NC(=O)CCN)CC3)C2C1. The molecule has 4 atom stereocenters. The van der Waals surface area contributed by atoms with Crippen LogP contribution in [0.25, 0.3) is 0 Å². The van der Waals surface area contributed by atoms with Crippen molar-refractivity contribution in [2.45, 2.75) is 94.7 Å². The lowest BCUT2D eigenvalue weighted by molar-refractivity contribution is -0.142. The number of nitrogens with two attached hydrogens (primary N) is 2. The molecule has 2 saturated carbocycles. The molecule has 2 aliphatic carbocycles. The Morgan fingerprint density at radius 2 is 1.71 bits per heavy atom. The third-order valence-electron chi connectivity index (χ3n) is 8.89. The molecule has 0 spiro atoms. The largest absolute Gasteiger partial charge is 0.387 e. The van der Waals surface area contributed by atoms with Crippen molar-refractivity contribution in [1.82, 2.24) is 15.1 Å². The lowest BCUT2D eigenvalue weighted by atomic mass is 9.77. The first-order valence-corrected chi connectivity index (χ1v) is 13.4. The summed E-state index contributed by atoms with van der Waals surface area (Å²) < 4.78 is 27.4. The van der Waals surface area contributed by atoms with E-state index in [-0.39, 0.29) is 67.6 Å². The zero-order valence-corrected chi connectivity index (χ0v) is 20.7. The lowest BCUT2D eigenvalue weighted by Gasteiger charge is -2.41. The van der Waals surface area contributed by atoms with Crippen LogP contribution < -0.4 is 16.8 Å². The predicted molar refractivity (Wildman–Crippen MR) is 130 cm³/mol. The third kappa shape index (κ3) is 6.31. The van der Waals surface area contributed by atoms with E-state index in [1.807, 2.05) is 0 Å². The summed E-state index contributed by atoms with van der Waals surface area (Å²) >= 11 is 0. The van der Waals surface area contributed by atoms with E-state index in [2.05, 4.69) is 10.2 Å². The average molecular weight is 497 g/mol. The molecule has 8 nitrogen and oxygen atoms in total. The molecule has 2 aliphatic heterocycles. The number of likely N-dealkylation sites (tertiary alicyclic amines) is 2. The van der Waals surface area contributed by atoms with Gasteiger partial charge in [-0.3, -0.25) is 19.9 Å². The van der Waals surface area contributed by atoms with Gasteiger partial charge in [0.25, 0.3) is 5.92 Å². The van der Waals surface area contributed by atoms with Crippen LogP contribution in [-0.4, -0.2) is 77.7 Å². The highest BCUT2D eigenvalue weighted by Gasteiger charge is 2.49. The first kappa shape index (κ1) is 26.3. The number of fused-ring (bicyclic) bond motifs is 1. The standard InChI is InChI=1S/C25H42F2N6O2/c26-25(27)8-11-32(12-9-25)24(35)21-13-17-3-4-18(23(29)30)14-20(17)33(21)15-16-1-5-19(6-2-16)31-22(34)7-10-28/h16-21H,1-15,28H2,(H3,29,30)(H,31,34). The highest BCUT2D eigenvalue weighted by molar-refractivity contribution is 5.83. The van der Waals surface area contributed by atoms with Gasteiger partial charge in [-0.05, 0) is 63.2 Å². The number of amides is 2. The molecule has 4 fully saturated rings. The van der Waals surface area contributed by atoms with Crippen molar-refractivity contribution in [3.05, 3.63) is 0 Å². The number of nitrogens with zero attached hydrogens (tertiary/aromatic N) is 2. The summed E-state index contributed by atoms with van der Waals surface area (Å²) in [5, 5.41) is 11.1. The number of halogens is 2. The van der Waals surface area contributed by atoms with Gasteiger partial charge in [0.2, 0.25) is 11.8 Å². The van der Waals surface area contributed by atoms with Gasteiger partial charge in [-0.15, -0.1) is 0 Å². The molecule has 0 aromatic carbocycles. The number of alkyl halides is 2. The molecule has 0 radical (unpaired) electrons. The van der Waals surface area contributed by atoms with Gasteiger partial charge in [-0.2, -0.15) is 0 Å². The predicted octanol–water partition coefficient (Wildman–Crippen LogP) is 2.06. The summed E-state index contributed by atoms with van der Waals surface area (Å²) in [5.74, 6) is -1.58. The summed E-state index contributed by atoms with van der Waals surface area (Å²) in [7, 11) is 0. The number of carbonyl (C=O) groups is 2. The Kier molecular flexibility index (Phi) is 8.30. The molecule has 2 heterocycles. The topological polar surface area (TPSA) is 129 Å². The van der Waals surface area contributed by atoms with Crippen LogP contribution in [0.5, 0.6) is 0 Å². The van der Waals surface area contributed by atoms with E-state index in [1.54, 1.807) is 4.90 Å². The highest BCUT2D eigenvalue weighted by atomic mass is 19.3. The van der Waals surface area contributed by atoms with Gasteiger partial charge >= 0.3 is 0 Å². The quantitative estimate of drug-likeness (QED) is 0.317. The maximum atomic E-state index is 13.7. The van der Waals surface area contributed by atoms with Gasteiger partial charge in [0.15, 0.2) is 0 Å². The first-order chi connectivity index (χ1) is 16.7. The normalized spacial score (nSPS) is 35.3. The molecule has 4 unspecified atom stereocenters. The minimum atomic E-state index is -2.67. The number of amidine groups is 1. The molecule has 2 saturated heterocycles. The van der Waals surface area contributed by atoms with E-state index < -0.39 is 5.92 Å². The average Bonchev–Trinajstić information content (AvgIpc) is 3.17. The van der Waals surface area contributed by atoms with Gasteiger partial charge in [-0.1, -0.05) is 0 Å². The summed E-state index contributed by atoms with van der Waals surface area (Å²) in [4.78, 5) is 29.5. The van der Waals surface area contributed by atoms with E-state index in [0.29, 0.717) is 24.8 Å². The Morgan fingerprint density at radius 3 is 2.34 bits per heavy atom. The van der Waals surface area contributed by atoms with Crippen LogP contribution in [0.3, 0.4) is 0 Å². The minimum absolute atomic E-state index is 0.00277. The molecule has 6 N–H and O–H groups in total. The van der Waals surface area contributed by atoms with E-state index in [0.717, 1.165) is 57.9 Å². The Balaban J connectivity index is 1.41. The Morgan fingerprint density at radius 1 is 1.03 bits per heavy atom. The molecule has 0 aromatic rings. The van der Waals surface area contributed by atoms with E-state index in [1.165, 1.54) is 0 Å². The zero-order valence-electron chi connectivity index (χ0n) is 20.7. The van der Waals surface area contributed by atoms with E-state index in [9.17, 15) is 18.4 Å². The van der Waals surface area contributed by atoms with E-state index in [4.69, 9.17) is 16.9 Å². The van der Waals surface area contributed by atoms with Crippen molar-refractivity contribution in [3.63, 3.8) is 0 Å². The molecule has 198 valence electrons. The van der Waals surface area contributed by atoms with Crippen molar-refractivity contribution in [2.75, 3.05) is 26.2 Å². The number of hydrogen-bond donors (Lipinski definition) is 4. The molecule has 0 aromatic heterocycles. The molecule has 10 heteroatoms. The molecule has 4 rings (SSSR count). The summed E-state index contributed by atoms with van der Waals surface area (Å²) in [5.41, 5.74) is 11.3. The molecular weight excluding hydrogens is 454 g/mol.